The van der Waals surface area contributed by atoms with Crippen molar-refractivity contribution in [3.05, 3.63) is 28.0 Å². The van der Waals surface area contributed by atoms with Gasteiger partial charge >= 0.3 is 5.97 Å². The molecule has 0 unspecified atom stereocenters. The largest absolute Gasteiger partial charge is 0.481 e. The van der Waals surface area contributed by atoms with Crippen molar-refractivity contribution in [2.75, 3.05) is 5.75 Å². The number of hydrogen-bond acceptors (Lipinski definition) is 5. The molecular formula is C10H8BrFN4O2S. The third kappa shape index (κ3) is 3.10. The molecule has 2 aromatic rings. The first-order valence-corrected chi connectivity index (χ1v) is 6.86. The van der Waals surface area contributed by atoms with Crippen molar-refractivity contribution in [2.24, 2.45) is 0 Å². The summed E-state index contributed by atoms with van der Waals surface area (Å²) < 4.78 is 15.0. The van der Waals surface area contributed by atoms with E-state index in [1.165, 1.54) is 10.7 Å². The summed E-state index contributed by atoms with van der Waals surface area (Å²) in [5.41, 5.74) is 1.23. The molecule has 2 rings (SSSR count). The van der Waals surface area contributed by atoms with Crippen LogP contribution in [0.2, 0.25) is 0 Å². The predicted octanol–water partition coefficient (Wildman–Crippen LogP) is 2.05. The van der Waals surface area contributed by atoms with Crippen molar-refractivity contribution in [3.63, 3.8) is 0 Å². The fourth-order valence-corrected chi connectivity index (χ4v) is 2.35. The maximum atomic E-state index is 13.4. The molecule has 9 heteroatoms. The van der Waals surface area contributed by atoms with Crippen LogP contribution in [0.4, 0.5) is 4.39 Å². The molecule has 1 aromatic carbocycles. The van der Waals surface area contributed by atoms with E-state index in [1.54, 1.807) is 13.0 Å². The first-order valence-electron chi connectivity index (χ1n) is 5.08. The quantitative estimate of drug-likeness (QED) is 0.853. The summed E-state index contributed by atoms with van der Waals surface area (Å²) in [6, 6.07) is 2.90. The SMILES string of the molecule is Cc1cc(F)c(Br)cc1-n1nnnc1SCC(=O)O. The molecule has 0 aliphatic heterocycles. The zero-order valence-corrected chi connectivity index (χ0v) is 12.1. The molecule has 0 saturated carbocycles. The second kappa shape index (κ2) is 5.66. The number of carboxylic acids is 1. The lowest BCUT2D eigenvalue weighted by Crippen LogP contribution is -2.05. The number of rotatable bonds is 4. The van der Waals surface area contributed by atoms with Crippen molar-refractivity contribution >= 4 is 33.7 Å². The van der Waals surface area contributed by atoms with Crippen LogP contribution in [0.15, 0.2) is 21.8 Å². The monoisotopic (exact) mass is 346 g/mol. The summed E-state index contributed by atoms with van der Waals surface area (Å²) in [6.45, 7) is 1.72. The average Bonchev–Trinajstić information content (AvgIpc) is 2.79. The van der Waals surface area contributed by atoms with E-state index in [0.29, 0.717) is 16.4 Å². The number of hydrogen-bond donors (Lipinski definition) is 1. The van der Waals surface area contributed by atoms with Crippen LogP contribution in [0.25, 0.3) is 5.69 Å². The molecule has 0 bridgehead atoms. The van der Waals surface area contributed by atoms with Gasteiger partial charge in [0.2, 0.25) is 5.16 Å². The number of benzene rings is 1. The number of carboxylic acid groups (broad SMARTS) is 1. The number of tetrazole rings is 1. The van der Waals surface area contributed by atoms with Crippen molar-refractivity contribution in [3.8, 4) is 5.69 Å². The van der Waals surface area contributed by atoms with Crippen LogP contribution in [-0.4, -0.2) is 37.0 Å². The van der Waals surface area contributed by atoms with Crippen LogP contribution in [0.5, 0.6) is 0 Å². The maximum absolute atomic E-state index is 13.4. The number of nitrogens with zero attached hydrogens (tertiary/aromatic N) is 4. The minimum Gasteiger partial charge on any atom is -0.481 e. The van der Waals surface area contributed by atoms with Crippen molar-refractivity contribution in [1.29, 1.82) is 0 Å². The molecule has 1 N–H and O–H groups in total. The molecule has 1 heterocycles. The van der Waals surface area contributed by atoms with Gasteiger partial charge in [-0.1, -0.05) is 11.8 Å². The lowest BCUT2D eigenvalue weighted by Gasteiger charge is -2.08. The number of aromatic nitrogens is 4. The third-order valence-electron chi connectivity index (χ3n) is 2.23. The number of aliphatic carboxylic acids is 1. The van der Waals surface area contributed by atoms with Gasteiger partial charge in [0.25, 0.3) is 0 Å². The highest BCUT2D eigenvalue weighted by Crippen LogP contribution is 2.25. The topological polar surface area (TPSA) is 80.9 Å². The summed E-state index contributed by atoms with van der Waals surface area (Å²) >= 11 is 4.09. The fraction of sp³-hybridized carbons (Fsp3) is 0.200. The highest BCUT2D eigenvalue weighted by atomic mass is 79.9. The molecule has 19 heavy (non-hydrogen) atoms. The number of aryl methyl sites for hydroxylation is 1. The minimum absolute atomic E-state index is 0.151. The van der Waals surface area contributed by atoms with Crippen molar-refractivity contribution < 1.29 is 14.3 Å². The first-order chi connectivity index (χ1) is 8.99. The van der Waals surface area contributed by atoms with Gasteiger partial charge in [-0.05, 0) is 51.0 Å². The molecule has 0 aliphatic carbocycles. The number of thioether (sulfide) groups is 1. The maximum Gasteiger partial charge on any atom is 0.313 e. The summed E-state index contributed by atoms with van der Waals surface area (Å²) in [6.07, 6.45) is 0. The van der Waals surface area contributed by atoms with E-state index >= 15 is 0 Å². The Morgan fingerprint density at radius 2 is 2.32 bits per heavy atom. The number of halogens is 2. The van der Waals surface area contributed by atoms with E-state index in [9.17, 15) is 9.18 Å². The molecule has 0 spiro atoms. The van der Waals surface area contributed by atoms with E-state index in [1.807, 2.05) is 0 Å². The number of carbonyl (C=O) groups is 1. The smallest absolute Gasteiger partial charge is 0.313 e. The second-order valence-electron chi connectivity index (χ2n) is 3.61. The normalized spacial score (nSPS) is 10.7. The lowest BCUT2D eigenvalue weighted by molar-refractivity contribution is -0.133. The highest BCUT2D eigenvalue weighted by molar-refractivity contribution is 9.10. The van der Waals surface area contributed by atoms with Gasteiger partial charge in [-0.25, -0.2) is 4.39 Å². The van der Waals surface area contributed by atoms with Gasteiger partial charge in [-0.2, -0.15) is 4.68 Å². The Morgan fingerprint density at radius 1 is 1.58 bits per heavy atom. The van der Waals surface area contributed by atoms with Crippen LogP contribution in [-0.2, 0) is 4.79 Å². The van der Waals surface area contributed by atoms with Gasteiger partial charge in [0.15, 0.2) is 0 Å². The molecule has 0 aliphatic rings. The van der Waals surface area contributed by atoms with Crippen LogP contribution in [0, 0.1) is 12.7 Å². The van der Waals surface area contributed by atoms with Crippen LogP contribution in [0.1, 0.15) is 5.56 Å². The Bertz CT molecular complexity index is 634. The van der Waals surface area contributed by atoms with Gasteiger partial charge in [0, 0.05) is 0 Å². The molecule has 100 valence electrons. The summed E-state index contributed by atoms with van der Waals surface area (Å²) in [5.74, 6) is -1.49. The zero-order chi connectivity index (χ0) is 14.0. The van der Waals surface area contributed by atoms with E-state index in [0.717, 1.165) is 11.8 Å². The van der Waals surface area contributed by atoms with Crippen LogP contribution >= 0.6 is 27.7 Å². The van der Waals surface area contributed by atoms with Gasteiger partial charge in [-0.15, -0.1) is 5.10 Å². The predicted molar refractivity (Wildman–Crippen MR) is 69.9 cm³/mol. The molecular weight excluding hydrogens is 339 g/mol. The van der Waals surface area contributed by atoms with Crippen LogP contribution in [0.3, 0.4) is 0 Å². The Kier molecular flexibility index (Phi) is 4.15. The van der Waals surface area contributed by atoms with Crippen molar-refractivity contribution in [2.45, 2.75) is 12.1 Å². The van der Waals surface area contributed by atoms with Gasteiger partial charge in [0.1, 0.15) is 5.82 Å². The minimum atomic E-state index is -0.962. The Labute approximate surface area is 120 Å². The van der Waals surface area contributed by atoms with E-state index in [4.69, 9.17) is 5.11 Å². The van der Waals surface area contributed by atoms with Gasteiger partial charge in [-0.3, -0.25) is 4.79 Å². The molecule has 0 fully saturated rings. The lowest BCUT2D eigenvalue weighted by atomic mass is 10.2. The Balaban J connectivity index is 2.40. The zero-order valence-electron chi connectivity index (χ0n) is 9.67. The van der Waals surface area contributed by atoms with E-state index in [2.05, 4.69) is 31.5 Å². The van der Waals surface area contributed by atoms with Crippen LogP contribution < -0.4 is 0 Å². The third-order valence-corrected chi connectivity index (χ3v) is 3.74. The fourth-order valence-electron chi connectivity index (χ4n) is 1.41. The van der Waals surface area contributed by atoms with Gasteiger partial charge in [0.05, 0.1) is 15.9 Å². The Morgan fingerprint density at radius 3 is 3.00 bits per heavy atom. The molecule has 6 nitrogen and oxygen atoms in total. The first kappa shape index (κ1) is 13.9. The molecule has 1 aromatic heterocycles. The standard InChI is InChI=1S/C10H8BrFN4O2S/c1-5-2-7(12)6(11)3-8(5)16-10(13-14-15-16)19-4-9(17)18/h2-3H,4H2,1H3,(H,17,18). The molecule has 0 atom stereocenters. The highest BCUT2D eigenvalue weighted by Gasteiger charge is 2.14. The van der Waals surface area contributed by atoms with Crippen molar-refractivity contribution in [1.82, 2.24) is 20.2 Å². The Hall–Kier alpha value is -1.48. The summed E-state index contributed by atoms with van der Waals surface area (Å²) in [7, 11) is 0. The molecule has 0 amide bonds. The molecule has 0 saturated heterocycles. The molecule has 0 radical (unpaired) electrons. The second-order valence-corrected chi connectivity index (χ2v) is 5.41. The average molecular weight is 347 g/mol. The van der Waals surface area contributed by atoms with E-state index in [-0.39, 0.29) is 16.0 Å². The van der Waals surface area contributed by atoms with E-state index < -0.39 is 5.97 Å². The summed E-state index contributed by atoms with van der Waals surface area (Å²) in [5, 5.41) is 20.0. The van der Waals surface area contributed by atoms with Gasteiger partial charge < -0.3 is 5.11 Å². The summed E-state index contributed by atoms with van der Waals surface area (Å²) in [4.78, 5) is 10.6.